The van der Waals surface area contributed by atoms with E-state index in [4.69, 9.17) is 5.73 Å². The van der Waals surface area contributed by atoms with Gasteiger partial charge in [-0.3, -0.25) is 4.79 Å². The van der Waals surface area contributed by atoms with E-state index in [9.17, 15) is 4.79 Å². The van der Waals surface area contributed by atoms with Gasteiger partial charge in [-0.2, -0.15) is 0 Å². The molecule has 0 atom stereocenters. The molecule has 0 unspecified atom stereocenters. The van der Waals surface area contributed by atoms with E-state index in [1.165, 1.54) is 10.7 Å². The van der Waals surface area contributed by atoms with Crippen LogP contribution in [0, 0.1) is 0 Å². The highest BCUT2D eigenvalue weighted by Gasteiger charge is 1.99. The minimum Gasteiger partial charge on any atom is -0.382 e. The Hall–Kier alpha value is -1.91. The topological polar surface area (TPSA) is 73.3 Å². The molecule has 0 aromatic carbocycles. The molecule has 0 saturated heterocycles. The Kier molecular flexibility index (Phi) is 1.30. The number of carbonyl (C=O) groups is 1. The van der Waals surface area contributed by atoms with Gasteiger partial charge < -0.3 is 5.73 Å². The molecule has 2 aromatic rings. The van der Waals surface area contributed by atoms with Crippen LogP contribution in [0.3, 0.4) is 0 Å². The zero-order valence-corrected chi connectivity index (χ0v) is 6.14. The van der Waals surface area contributed by atoms with Gasteiger partial charge in [-0.05, 0) is 0 Å². The Morgan fingerprint density at radius 2 is 2.42 bits per heavy atom. The molecule has 5 heteroatoms. The van der Waals surface area contributed by atoms with Crippen molar-refractivity contribution in [3.05, 3.63) is 24.0 Å². The molecule has 60 valence electrons. The van der Waals surface area contributed by atoms with E-state index >= 15 is 0 Å². The van der Waals surface area contributed by atoms with Crippen LogP contribution in [0.2, 0.25) is 0 Å². The summed E-state index contributed by atoms with van der Waals surface area (Å²) in [5.74, 6) is 0.394. The monoisotopic (exact) mass is 162 g/mol. The number of aldehydes is 1. The van der Waals surface area contributed by atoms with Gasteiger partial charge in [-0.1, -0.05) is 0 Å². The largest absolute Gasteiger partial charge is 0.382 e. The molecule has 0 saturated carbocycles. The van der Waals surface area contributed by atoms with Gasteiger partial charge in [0.1, 0.15) is 5.82 Å². The SMILES string of the molecule is Nc1cc2ncc(C=O)cn2n1. The average molecular weight is 162 g/mol. The lowest BCUT2D eigenvalue weighted by Crippen LogP contribution is -1.93. The van der Waals surface area contributed by atoms with E-state index in [0.29, 0.717) is 23.3 Å². The maximum absolute atomic E-state index is 10.3. The first-order chi connectivity index (χ1) is 5.79. The Bertz CT molecular complexity index is 434. The smallest absolute Gasteiger partial charge is 0.157 e. The quantitative estimate of drug-likeness (QED) is 0.604. The number of hydrogen-bond acceptors (Lipinski definition) is 4. The fourth-order valence-electron chi connectivity index (χ4n) is 0.970. The highest BCUT2D eigenvalue weighted by molar-refractivity contribution is 5.74. The lowest BCUT2D eigenvalue weighted by atomic mass is 10.4. The van der Waals surface area contributed by atoms with Gasteiger partial charge in [0.25, 0.3) is 0 Å². The van der Waals surface area contributed by atoms with Gasteiger partial charge in [0, 0.05) is 18.5 Å². The first kappa shape index (κ1) is 6.78. The Labute approximate surface area is 67.8 Å². The zero-order valence-electron chi connectivity index (χ0n) is 6.14. The molecule has 0 amide bonds. The van der Waals surface area contributed by atoms with E-state index in [0.717, 1.165) is 0 Å². The second kappa shape index (κ2) is 2.30. The molecular weight excluding hydrogens is 156 g/mol. The van der Waals surface area contributed by atoms with E-state index in [2.05, 4.69) is 10.1 Å². The predicted molar refractivity (Wildman–Crippen MR) is 42.8 cm³/mol. The Balaban J connectivity index is 2.74. The maximum Gasteiger partial charge on any atom is 0.157 e. The first-order valence-corrected chi connectivity index (χ1v) is 3.35. The zero-order chi connectivity index (χ0) is 8.55. The first-order valence-electron chi connectivity index (χ1n) is 3.35. The number of nitrogens with zero attached hydrogens (tertiary/aromatic N) is 3. The minimum atomic E-state index is 0.394. The van der Waals surface area contributed by atoms with Crippen molar-refractivity contribution < 1.29 is 4.79 Å². The van der Waals surface area contributed by atoms with Crippen LogP contribution in [-0.4, -0.2) is 20.9 Å². The average Bonchev–Trinajstić information content (AvgIpc) is 2.43. The number of nitrogen functional groups attached to an aromatic ring is 1. The summed E-state index contributed by atoms with van der Waals surface area (Å²) in [4.78, 5) is 14.3. The van der Waals surface area contributed by atoms with E-state index in [-0.39, 0.29) is 0 Å². The van der Waals surface area contributed by atoms with Crippen molar-refractivity contribution in [2.24, 2.45) is 0 Å². The van der Waals surface area contributed by atoms with Crippen LogP contribution in [0.1, 0.15) is 10.4 Å². The Morgan fingerprint density at radius 1 is 1.58 bits per heavy atom. The molecule has 0 radical (unpaired) electrons. The fourth-order valence-corrected chi connectivity index (χ4v) is 0.970. The normalized spacial score (nSPS) is 10.3. The van der Waals surface area contributed by atoms with Crippen molar-refractivity contribution in [3.63, 3.8) is 0 Å². The van der Waals surface area contributed by atoms with Crippen LogP contribution in [0.5, 0.6) is 0 Å². The van der Waals surface area contributed by atoms with Crippen LogP contribution in [0.25, 0.3) is 5.65 Å². The van der Waals surface area contributed by atoms with Gasteiger partial charge in [0.2, 0.25) is 0 Å². The van der Waals surface area contributed by atoms with Crippen molar-refractivity contribution >= 4 is 17.8 Å². The van der Waals surface area contributed by atoms with Gasteiger partial charge in [-0.15, -0.1) is 5.10 Å². The fraction of sp³-hybridized carbons (Fsp3) is 0. The summed E-state index contributed by atoms with van der Waals surface area (Å²) in [7, 11) is 0. The highest BCUT2D eigenvalue weighted by Crippen LogP contribution is 2.04. The summed E-state index contributed by atoms with van der Waals surface area (Å²) < 4.78 is 1.47. The molecule has 12 heavy (non-hydrogen) atoms. The summed E-state index contributed by atoms with van der Waals surface area (Å²) in [6.45, 7) is 0. The molecule has 0 spiro atoms. The van der Waals surface area contributed by atoms with E-state index in [1.807, 2.05) is 0 Å². The van der Waals surface area contributed by atoms with Crippen molar-refractivity contribution in [2.45, 2.75) is 0 Å². The summed E-state index contributed by atoms with van der Waals surface area (Å²) in [5, 5.41) is 3.89. The van der Waals surface area contributed by atoms with Crippen LogP contribution in [0.4, 0.5) is 5.82 Å². The summed E-state index contributed by atoms with van der Waals surface area (Å²) in [6.07, 6.45) is 3.76. The second-order valence-corrected chi connectivity index (χ2v) is 2.38. The van der Waals surface area contributed by atoms with Gasteiger partial charge >= 0.3 is 0 Å². The third-order valence-corrected chi connectivity index (χ3v) is 1.49. The van der Waals surface area contributed by atoms with Gasteiger partial charge in [0.15, 0.2) is 11.9 Å². The number of hydrogen-bond donors (Lipinski definition) is 1. The predicted octanol–water partition coefficient (Wildman–Crippen LogP) is 0.124. The molecule has 0 bridgehead atoms. The third-order valence-electron chi connectivity index (χ3n) is 1.49. The van der Waals surface area contributed by atoms with Crippen LogP contribution >= 0.6 is 0 Å². The molecule has 0 aliphatic heterocycles. The summed E-state index contributed by atoms with van der Waals surface area (Å²) >= 11 is 0. The molecule has 5 nitrogen and oxygen atoms in total. The molecule has 0 aliphatic rings. The summed E-state index contributed by atoms with van der Waals surface area (Å²) in [6, 6.07) is 1.63. The van der Waals surface area contributed by atoms with Crippen LogP contribution in [0.15, 0.2) is 18.5 Å². The summed E-state index contributed by atoms with van der Waals surface area (Å²) in [5.41, 5.74) is 6.54. The molecule has 0 fully saturated rings. The number of aromatic nitrogens is 3. The third kappa shape index (κ3) is 0.914. The number of nitrogens with two attached hydrogens (primary N) is 1. The number of anilines is 1. The lowest BCUT2D eigenvalue weighted by molar-refractivity contribution is 0.112. The molecule has 0 aliphatic carbocycles. The Morgan fingerprint density at radius 3 is 3.17 bits per heavy atom. The van der Waals surface area contributed by atoms with Crippen molar-refractivity contribution in [1.82, 2.24) is 14.6 Å². The molecular formula is C7H6N4O. The number of carbonyl (C=O) groups excluding carboxylic acids is 1. The molecule has 2 aromatic heterocycles. The molecule has 2 heterocycles. The highest BCUT2D eigenvalue weighted by atomic mass is 16.1. The van der Waals surface area contributed by atoms with Gasteiger partial charge in [-0.25, -0.2) is 9.50 Å². The maximum atomic E-state index is 10.3. The number of fused-ring (bicyclic) bond motifs is 1. The van der Waals surface area contributed by atoms with Crippen molar-refractivity contribution in [3.8, 4) is 0 Å². The molecule has 2 N–H and O–H groups in total. The second-order valence-electron chi connectivity index (χ2n) is 2.38. The van der Waals surface area contributed by atoms with Crippen LogP contribution in [-0.2, 0) is 0 Å². The van der Waals surface area contributed by atoms with Crippen molar-refractivity contribution in [2.75, 3.05) is 5.73 Å². The minimum absolute atomic E-state index is 0.394. The van der Waals surface area contributed by atoms with Crippen LogP contribution < -0.4 is 5.73 Å². The van der Waals surface area contributed by atoms with E-state index in [1.54, 1.807) is 12.3 Å². The van der Waals surface area contributed by atoms with Crippen molar-refractivity contribution in [1.29, 1.82) is 0 Å². The lowest BCUT2D eigenvalue weighted by Gasteiger charge is -1.91. The number of rotatable bonds is 1. The molecule has 2 rings (SSSR count). The standard InChI is InChI=1S/C7H6N4O/c8-6-1-7-9-2-5(4-12)3-11(7)10-6/h1-4H,(H2,8,10). The van der Waals surface area contributed by atoms with Gasteiger partial charge in [0.05, 0.1) is 5.56 Å². The van der Waals surface area contributed by atoms with E-state index < -0.39 is 0 Å².